The standard InChI is InChI=1S/C37H29FN4O3S/c1-23-33(35(43)40-27-11-4-3-5-12-27)34(24-16-18-28(45-2)19-17-24)42-36(44)32(46-37(42)39-23)20-26-22-41(31-15-9-7-13-29(26)31)21-25-10-6-8-14-30(25)38/h3-20,22,34H,21H2,1-2H3,(H,40,43). The number of ether oxygens (including phenoxy) is 1. The number of carbonyl (C=O) groups is 1. The van der Waals surface area contributed by atoms with Crippen molar-refractivity contribution in [3.8, 4) is 5.75 Å². The molecule has 1 aliphatic rings. The monoisotopic (exact) mass is 628 g/mol. The first-order valence-electron chi connectivity index (χ1n) is 14.8. The number of carbonyl (C=O) groups excluding carboxylic acids is 1. The summed E-state index contributed by atoms with van der Waals surface area (Å²) in [5.41, 5.74) is 4.39. The summed E-state index contributed by atoms with van der Waals surface area (Å²) in [5, 5.41) is 3.92. The number of benzene rings is 4. The highest BCUT2D eigenvalue weighted by Crippen LogP contribution is 2.32. The van der Waals surface area contributed by atoms with Gasteiger partial charge in [-0.3, -0.25) is 14.2 Å². The summed E-state index contributed by atoms with van der Waals surface area (Å²) in [6, 6.07) is 30.4. The second kappa shape index (κ2) is 12.1. The molecule has 0 fully saturated rings. The first kappa shape index (κ1) is 29.2. The van der Waals surface area contributed by atoms with Crippen molar-refractivity contribution in [2.75, 3.05) is 12.4 Å². The Bertz CT molecular complexity index is 2320. The zero-order valence-electron chi connectivity index (χ0n) is 25.1. The van der Waals surface area contributed by atoms with Gasteiger partial charge in [0.05, 0.1) is 35.5 Å². The number of para-hydroxylation sites is 2. The van der Waals surface area contributed by atoms with Gasteiger partial charge in [0.15, 0.2) is 4.80 Å². The summed E-state index contributed by atoms with van der Waals surface area (Å²) in [4.78, 5) is 33.4. The Hall–Kier alpha value is -5.54. The van der Waals surface area contributed by atoms with Crippen LogP contribution in [-0.4, -0.2) is 22.2 Å². The molecule has 4 aromatic carbocycles. The number of nitrogens with zero attached hydrogens (tertiary/aromatic N) is 3. The summed E-state index contributed by atoms with van der Waals surface area (Å²) >= 11 is 1.28. The minimum absolute atomic E-state index is 0.256. The number of nitrogens with one attached hydrogen (secondary N) is 1. The molecule has 2 aromatic heterocycles. The molecule has 7 rings (SSSR count). The lowest BCUT2D eigenvalue weighted by Crippen LogP contribution is -2.40. The zero-order valence-corrected chi connectivity index (χ0v) is 25.9. The molecule has 1 unspecified atom stereocenters. The highest BCUT2D eigenvalue weighted by Gasteiger charge is 2.32. The van der Waals surface area contributed by atoms with Crippen molar-refractivity contribution in [3.05, 3.63) is 163 Å². The number of rotatable bonds is 7. The van der Waals surface area contributed by atoms with Gasteiger partial charge in [0.25, 0.3) is 11.5 Å². The van der Waals surface area contributed by atoms with Crippen molar-refractivity contribution in [2.45, 2.75) is 19.5 Å². The number of hydrogen-bond donors (Lipinski definition) is 1. The van der Waals surface area contributed by atoms with Gasteiger partial charge in [-0.05, 0) is 55.0 Å². The van der Waals surface area contributed by atoms with Crippen molar-refractivity contribution in [1.82, 2.24) is 9.13 Å². The van der Waals surface area contributed by atoms with E-state index in [-0.39, 0.29) is 17.3 Å². The summed E-state index contributed by atoms with van der Waals surface area (Å²) in [6.45, 7) is 2.14. The molecule has 0 aliphatic carbocycles. The fraction of sp³-hybridized carbons (Fsp3) is 0.108. The molecule has 1 atom stereocenters. The average molecular weight is 629 g/mol. The normalized spacial score (nSPS) is 14.7. The lowest BCUT2D eigenvalue weighted by atomic mass is 9.95. The van der Waals surface area contributed by atoms with Gasteiger partial charge in [0.1, 0.15) is 11.6 Å². The Labute approximate surface area is 267 Å². The van der Waals surface area contributed by atoms with Crippen molar-refractivity contribution in [3.63, 3.8) is 0 Å². The van der Waals surface area contributed by atoms with Crippen molar-refractivity contribution in [2.24, 2.45) is 4.99 Å². The maximum absolute atomic E-state index is 14.6. The number of allylic oxidation sites excluding steroid dienone is 1. The van der Waals surface area contributed by atoms with Crippen LogP contribution in [0.4, 0.5) is 10.1 Å². The second-order valence-electron chi connectivity index (χ2n) is 11.0. The Morgan fingerprint density at radius 2 is 1.70 bits per heavy atom. The molecule has 0 saturated heterocycles. The van der Waals surface area contributed by atoms with Crippen LogP contribution in [-0.2, 0) is 11.3 Å². The summed E-state index contributed by atoms with van der Waals surface area (Å²) in [7, 11) is 1.59. The maximum Gasteiger partial charge on any atom is 0.271 e. The number of hydrogen-bond acceptors (Lipinski definition) is 5. The van der Waals surface area contributed by atoms with E-state index in [0.29, 0.717) is 44.1 Å². The molecule has 7 nitrogen and oxygen atoms in total. The highest BCUT2D eigenvalue weighted by atomic mass is 32.1. The predicted molar refractivity (Wildman–Crippen MR) is 179 cm³/mol. The van der Waals surface area contributed by atoms with E-state index in [1.807, 2.05) is 102 Å². The van der Waals surface area contributed by atoms with E-state index in [1.54, 1.807) is 30.7 Å². The molecule has 0 radical (unpaired) electrons. The van der Waals surface area contributed by atoms with Crippen molar-refractivity contribution < 1.29 is 13.9 Å². The first-order chi connectivity index (χ1) is 22.4. The molecule has 0 bridgehead atoms. The summed E-state index contributed by atoms with van der Waals surface area (Å²) in [6.07, 6.45) is 3.80. The van der Waals surface area contributed by atoms with Crippen LogP contribution in [0.25, 0.3) is 17.0 Å². The van der Waals surface area contributed by atoms with Crippen LogP contribution >= 0.6 is 11.3 Å². The molecule has 3 heterocycles. The SMILES string of the molecule is COc1ccc(C2C(C(=O)Nc3ccccc3)=C(C)N=c3sc(=Cc4cn(Cc5ccccc5F)c5ccccc45)c(=O)n32)cc1. The minimum atomic E-state index is -0.713. The molecule has 1 N–H and O–H groups in total. The second-order valence-corrected chi connectivity index (χ2v) is 12.0. The van der Waals surface area contributed by atoms with E-state index in [9.17, 15) is 14.0 Å². The Morgan fingerprint density at radius 3 is 2.46 bits per heavy atom. The third-order valence-electron chi connectivity index (χ3n) is 8.13. The number of aromatic nitrogens is 2. The fourth-order valence-electron chi connectivity index (χ4n) is 5.91. The van der Waals surface area contributed by atoms with Gasteiger partial charge in [0.2, 0.25) is 0 Å². The number of amides is 1. The van der Waals surface area contributed by atoms with E-state index < -0.39 is 6.04 Å². The molecular weight excluding hydrogens is 599 g/mol. The van der Waals surface area contributed by atoms with Crippen LogP contribution in [0, 0.1) is 5.82 Å². The largest absolute Gasteiger partial charge is 0.497 e. The molecule has 1 aliphatic heterocycles. The number of anilines is 1. The maximum atomic E-state index is 14.6. The zero-order chi connectivity index (χ0) is 31.8. The fourth-order valence-corrected chi connectivity index (χ4v) is 6.94. The van der Waals surface area contributed by atoms with Crippen LogP contribution in [0.3, 0.4) is 0 Å². The first-order valence-corrected chi connectivity index (χ1v) is 15.6. The molecule has 46 heavy (non-hydrogen) atoms. The lowest BCUT2D eigenvalue weighted by Gasteiger charge is -2.25. The van der Waals surface area contributed by atoms with Gasteiger partial charge in [-0.15, -0.1) is 0 Å². The van der Waals surface area contributed by atoms with E-state index in [4.69, 9.17) is 9.73 Å². The van der Waals surface area contributed by atoms with Crippen molar-refractivity contribution >= 4 is 39.9 Å². The number of halogens is 1. The van der Waals surface area contributed by atoms with Gasteiger partial charge in [-0.1, -0.05) is 78.1 Å². The smallest absolute Gasteiger partial charge is 0.271 e. The van der Waals surface area contributed by atoms with Crippen LogP contribution in [0.15, 0.2) is 130 Å². The topological polar surface area (TPSA) is 77.6 Å². The van der Waals surface area contributed by atoms with E-state index in [2.05, 4.69) is 5.32 Å². The van der Waals surface area contributed by atoms with Gasteiger partial charge in [-0.25, -0.2) is 9.38 Å². The van der Waals surface area contributed by atoms with Crippen LogP contribution in [0.2, 0.25) is 0 Å². The van der Waals surface area contributed by atoms with E-state index in [1.165, 1.54) is 17.4 Å². The summed E-state index contributed by atoms with van der Waals surface area (Å²) < 4.78 is 24.0. The molecular formula is C37H29FN4O3S. The highest BCUT2D eigenvalue weighted by molar-refractivity contribution is 7.07. The van der Waals surface area contributed by atoms with Crippen LogP contribution < -0.4 is 24.9 Å². The average Bonchev–Trinajstić information content (AvgIpc) is 3.57. The molecule has 0 spiro atoms. The lowest BCUT2D eigenvalue weighted by molar-refractivity contribution is -0.113. The van der Waals surface area contributed by atoms with Crippen LogP contribution in [0.5, 0.6) is 5.75 Å². The molecule has 0 saturated carbocycles. The van der Waals surface area contributed by atoms with Crippen molar-refractivity contribution in [1.29, 1.82) is 0 Å². The van der Waals surface area contributed by atoms with Gasteiger partial charge >= 0.3 is 0 Å². The number of thiazole rings is 1. The Balaban J connectivity index is 1.36. The number of methoxy groups -OCH3 is 1. The molecule has 6 aromatic rings. The Morgan fingerprint density at radius 1 is 0.978 bits per heavy atom. The number of fused-ring (bicyclic) bond motifs is 2. The van der Waals surface area contributed by atoms with Gasteiger partial charge in [0, 0.05) is 33.9 Å². The van der Waals surface area contributed by atoms with Gasteiger partial charge < -0.3 is 14.6 Å². The molecule has 228 valence electrons. The molecule has 1 amide bonds. The summed E-state index contributed by atoms with van der Waals surface area (Å²) in [5.74, 6) is 0.0637. The Kier molecular flexibility index (Phi) is 7.68. The van der Waals surface area contributed by atoms with E-state index in [0.717, 1.165) is 22.0 Å². The minimum Gasteiger partial charge on any atom is -0.497 e. The third-order valence-corrected chi connectivity index (χ3v) is 9.12. The van der Waals surface area contributed by atoms with E-state index >= 15 is 0 Å². The quantitative estimate of drug-likeness (QED) is 0.235. The van der Waals surface area contributed by atoms with Gasteiger partial charge in [-0.2, -0.15) is 0 Å². The van der Waals surface area contributed by atoms with Crippen LogP contribution in [0.1, 0.15) is 29.7 Å². The molecule has 9 heteroatoms. The third kappa shape index (κ3) is 5.35. The predicted octanol–water partition coefficient (Wildman–Crippen LogP) is 6.02.